The molecule has 3 rings (SSSR count). The van der Waals surface area contributed by atoms with Crippen molar-refractivity contribution in [2.24, 2.45) is 0 Å². The minimum atomic E-state index is -0.382. The summed E-state index contributed by atoms with van der Waals surface area (Å²) in [7, 11) is 0. The van der Waals surface area contributed by atoms with E-state index in [-0.39, 0.29) is 25.2 Å². The number of halogens is 1. The molecule has 0 saturated heterocycles. The molecule has 2 N–H and O–H groups in total. The van der Waals surface area contributed by atoms with Crippen LogP contribution in [0.25, 0.3) is 0 Å². The van der Waals surface area contributed by atoms with E-state index in [2.05, 4.69) is 10.6 Å². The van der Waals surface area contributed by atoms with Crippen LogP contribution in [-0.2, 0) is 6.54 Å². The molecule has 1 aliphatic rings. The van der Waals surface area contributed by atoms with Crippen LogP contribution >= 0.6 is 0 Å². The third-order valence-electron chi connectivity index (χ3n) is 3.40. The van der Waals surface area contributed by atoms with E-state index in [4.69, 9.17) is 14.2 Å². The van der Waals surface area contributed by atoms with Gasteiger partial charge >= 0.3 is 6.03 Å². The van der Waals surface area contributed by atoms with Gasteiger partial charge in [-0.2, -0.15) is 0 Å². The van der Waals surface area contributed by atoms with Gasteiger partial charge in [0.15, 0.2) is 11.5 Å². The number of benzene rings is 2. The van der Waals surface area contributed by atoms with Gasteiger partial charge in [0.1, 0.15) is 18.2 Å². The third kappa shape index (κ3) is 4.07. The molecular formula is C17H17FN2O4. The molecule has 0 saturated carbocycles. The smallest absolute Gasteiger partial charge is 0.315 e. The fourth-order valence-electron chi connectivity index (χ4n) is 2.18. The Balaban J connectivity index is 1.36. The van der Waals surface area contributed by atoms with Crippen molar-refractivity contribution in [2.75, 3.05) is 19.9 Å². The topological polar surface area (TPSA) is 68.8 Å². The van der Waals surface area contributed by atoms with Gasteiger partial charge in [-0.3, -0.25) is 0 Å². The summed E-state index contributed by atoms with van der Waals surface area (Å²) in [5, 5.41) is 5.23. The molecule has 2 aromatic carbocycles. The Morgan fingerprint density at radius 2 is 1.96 bits per heavy atom. The monoisotopic (exact) mass is 332 g/mol. The van der Waals surface area contributed by atoms with E-state index >= 15 is 0 Å². The molecule has 0 atom stereocenters. The number of rotatable bonds is 6. The van der Waals surface area contributed by atoms with E-state index < -0.39 is 0 Å². The first-order chi connectivity index (χ1) is 11.7. The van der Waals surface area contributed by atoms with Crippen LogP contribution in [0.4, 0.5) is 9.18 Å². The molecule has 126 valence electrons. The Hall–Kier alpha value is -2.96. The van der Waals surface area contributed by atoms with Gasteiger partial charge in [0, 0.05) is 18.2 Å². The fourth-order valence-corrected chi connectivity index (χ4v) is 2.18. The van der Waals surface area contributed by atoms with E-state index in [0.29, 0.717) is 36.0 Å². The molecule has 0 fully saturated rings. The number of carbonyl (C=O) groups is 1. The number of carbonyl (C=O) groups excluding carboxylic acids is 1. The van der Waals surface area contributed by atoms with Crippen LogP contribution in [0.5, 0.6) is 17.2 Å². The van der Waals surface area contributed by atoms with Gasteiger partial charge < -0.3 is 24.8 Å². The first-order valence-electron chi connectivity index (χ1n) is 7.50. The summed E-state index contributed by atoms with van der Waals surface area (Å²) in [5.41, 5.74) is 0.434. The van der Waals surface area contributed by atoms with Gasteiger partial charge in [0.2, 0.25) is 6.79 Å². The van der Waals surface area contributed by atoms with E-state index in [1.165, 1.54) is 6.07 Å². The van der Waals surface area contributed by atoms with Gasteiger partial charge in [-0.15, -0.1) is 0 Å². The zero-order valence-corrected chi connectivity index (χ0v) is 12.9. The number of nitrogens with one attached hydrogen (secondary N) is 2. The minimum Gasteiger partial charge on any atom is -0.492 e. The van der Waals surface area contributed by atoms with E-state index in [1.54, 1.807) is 36.4 Å². The second-order valence-corrected chi connectivity index (χ2v) is 5.06. The number of hydrogen-bond acceptors (Lipinski definition) is 4. The largest absolute Gasteiger partial charge is 0.492 e. The summed E-state index contributed by atoms with van der Waals surface area (Å²) in [6.45, 7) is 0.953. The maximum absolute atomic E-state index is 13.4. The molecule has 0 aliphatic carbocycles. The lowest BCUT2D eigenvalue weighted by Gasteiger charge is -2.10. The van der Waals surface area contributed by atoms with Gasteiger partial charge in [-0.05, 0) is 18.2 Å². The molecule has 6 nitrogen and oxygen atoms in total. The molecule has 2 amide bonds. The van der Waals surface area contributed by atoms with Crippen molar-refractivity contribution in [2.45, 2.75) is 6.54 Å². The van der Waals surface area contributed by atoms with Gasteiger partial charge in [-0.25, -0.2) is 9.18 Å². The first-order valence-corrected chi connectivity index (χ1v) is 7.50. The molecule has 1 heterocycles. The van der Waals surface area contributed by atoms with Crippen molar-refractivity contribution in [3.05, 3.63) is 53.8 Å². The predicted octanol–water partition coefficient (Wildman–Crippen LogP) is 2.43. The van der Waals surface area contributed by atoms with Crippen molar-refractivity contribution in [3.8, 4) is 17.2 Å². The maximum atomic E-state index is 13.4. The molecule has 7 heteroatoms. The highest BCUT2D eigenvalue weighted by atomic mass is 19.1. The summed E-state index contributed by atoms with van der Waals surface area (Å²) in [4.78, 5) is 11.7. The van der Waals surface area contributed by atoms with Crippen LogP contribution < -0.4 is 24.8 Å². The summed E-state index contributed by atoms with van der Waals surface area (Å²) in [6.07, 6.45) is 0. The van der Waals surface area contributed by atoms with Crippen molar-refractivity contribution in [3.63, 3.8) is 0 Å². The average molecular weight is 332 g/mol. The Kier molecular flexibility index (Phi) is 5.00. The summed E-state index contributed by atoms with van der Waals surface area (Å²) < 4.78 is 29.4. The quantitative estimate of drug-likeness (QED) is 0.797. The lowest BCUT2D eigenvalue weighted by Crippen LogP contribution is -2.37. The lowest BCUT2D eigenvalue weighted by atomic mass is 10.2. The maximum Gasteiger partial charge on any atom is 0.315 e. The highest BCUT2D eigenvalue weighted by Gasteiger charge is 2.13. The standard InChI is InChI=1S/C17H17FN2O4/c18-14-4-2-1-3-12(14)10-20-17(21)19-7-8-22-13-5-6-15-16(9-13)24-11-23-15/h1-6,9H,7-8,10-11H2,(H2,19,20,21). The van der Waals surface area contributed by atoms with Crippen LogP contribution in [0.3, 0.4) is 0 Å². The zero-order valence-electron chi connectivity index (χ0n) is 12.9. The van der Waals surface area contributed by atoms with E-state index in [0.717, 1.165) is 0 Å². The molecule has 0 unspecified atom stereocenters. The van der Waals surface area contributed by atoms with Gasteiger partial charge in [-0.1, -0.05) is 18.2 Å². The molecule has 0 bridgehead atoms. The van der Waals surface area contributed by atoms with Crippen molar-refractivity contribution in [1.82, 2.24) is 10.6 Å². The number of fused-ring (bicyclic) bond motifs is 1. The molecule has 1 aliphatic heterocycles. The number of urea groups is 1. The minimum absolute atomic E-state index is 0.127. The third-order valence-corrected chi connectivity index (χ3v) is 3.40. The van der Waals surface area contributed by atoms with Crippen LogP contribution in [0.1, 0.15) is 5.56 Å². The summed E-state index contributed by atoms with van der Waals surface area (Å²) >= 11 is 0. The van der Waals surface area contributed by atoms with Gasteiger partial charge in [0.05, 0.1) is 6.54 Å². The van der Waals surface area contributed by atoms with Gasteiger partial charge in [0.25, 0.3) is 0 Å². The number of amides is 2. The Bertz CT molecular complexity index is 723. The second-order valence-electron chi connectivity index (χ2n) is 5.06. The predicted molar refractivity (Wildman–Crippen MR) is 84.7 cm³/mol. The molecule has 0 aromatic heterocycles. The van der Waals surface area contributed by atoms with Crippen LogP contribution in [0, 0.1) is 5.82 Å². The number of hydrogen-bond donors (Lipinski definition) is 2. The Morgan fingerprint density at radius 1 is 1.12 bits per heavy atom. The van der Waals surface area contributed by atoms with E-state index in [1.807, 2.05) is 0 Å². The number of ether oxygens (including phenoxy) is 3. The van der Waals surface area contributed by atoms with Crippen molar-refractivity contribution in [1.29, 1.82) is 0 Å². The van der Waals surface area contributed by atoms with E-state index in [9.17, 15) is 9.18 Å². The Labute approximate surface area is 138 Å². The molecule has 24 heavy (non-hydrogen) atoms. The molecular weight excluding hydrogens is 315 g/mol. The SMILES string of the molecule is O=C(NCCOc1ccc2c(c1)OCO2)NCc1ccccc1F. The fraction of sp³-hybridized carbons (Fsp3) is 0.235. The average Bonchev–Trinajstić information content (AvgIpc) is 3.06. The normalized spacial score (nSPS) is 11.9. The highest BCUT2D eigenvalue weighted by Crippen LogP contribution is 2.34. The van der Waals surface area contributed by atoms with Crippen LogP contribution in [0.2, 0.25) is 0 Å². The second kappa shape index (κ2) is 7.54. The first kappa shape index (κ1) is 15.9. The van der Waals surface area contributed by atoms with Crippen molar-refractivity contribution >= 4 is 6.03 Å². The van der Waals surface area contributed by atoms with Crippen molar-refractivity contribution < 1.29 is 23.4 Å². The molecule has 2 aromatic rings. The summed E-state index contributed by atoms with van der Waals surface area (Å²) in [5.74, 6) is 1.62. The van der Waals surface area contributed by atoms with Crippen LogP contribution in [-0.4, -0.2) is 26.0 Å². The highest BCUT2D eigenvalue weighted by molar-refractivity contribution is 5.73. The Morgan fingerprint density at radius 3 is 2.83 bits per heavy atom. The zero-order chi connectivity index (χ0) is 16.8. The molecule has 0 spiro atoms. The van der Waals surface area contributed by atoms with Crippen LogP contribution in [0.15, 0.2) is 42.5 Å². The lowest BCUT2D eigenvalue weighted by molar-refractivity contribution is 0.173. The summed E-state index contributed by atoms with van der Waals surface area (Å²) in [6, 6.07) is 11.2. The molecule has 0 radical (unpaired) electrons.